The molecule has 0 aromatic carbocycles. The molecule has 18 atom stereocenters. The molecule has 6 heterocycles. The first-order chi connectivity index (χ1) is 28.6. The van der Waals surface area contributed by atoms with Crippen LogP contribution in [0.2, 0.25) is 0 Å². The molecule has 1 aromatic rings. The van der Waals surface area contributed by atoms with Crippen LogP contribution in [0.15, 0.2) is 33.9 Å². The Morgan fingerprint density at radius 1 is 0.951 bits per heavy atom. The predicted octanol–water partition coefficient (Wildman–Crippen LogP) is 7.24. The van der Waals surface area contributed by atoms with Gasteiger partial charge in [0.2, 0.25) is 0 Å². The lowest BCUT2D eigenvalue weighted by atomic mass is 9.72. The molecule has 61 heavy (non-hydrogen) atoms. The van der Waals surface area contributed by atoms with Gasteiger partial charge in [-0.15, -0.1) is 11.3 Å². The fraction of sp³-hybridized carbons (Fsp3) is 0.826. The zero-order chi connectivity index (χ0) is 44.9. The molecule has 0 unspecified atom stereocenters. The van der Waals surface area contributed by atoms with E-state index in [4.69, 9.17) is 23.7 Å². The summed E-state index contributed by atoms with van der Waals surface area (Å²) in [6.07, 6.45) is 5.64. The van der Waals surface area contributed by atoms with Crippen LogP contribution in [-0.2, 0) is 43.3 Å². The summed E-state index contributed by atoms with van der Waals surface area (Å²) in [6.45, 7) is 19.4. The fourth-order valence-corrected chi connectivity index (χ4v) is 13.5. The van der Waals surface area contributed by atoms with Gasteiger partial charge in [0.05, 0.1) is 59.8 Å². The summed E-state index contributed by atoms with van der Waals surface area (Å²) in [5.74, 6) is -6.53. The summed E-state index contributed by atoms with van der Waals surface area (Å²) in [6, 6.07) is 2.31. The van der Waals surface area contributed by atoms with E-state index in [1.165, 1.54) is 0 Å². The van der Waals surface area contributed by atoms with Crippen LogP contribution in [-0.4, -0.2) is 101 Å². The summed E-state index contributed by atoms with van der Waals surface area (Å²) in [5, 5.41) is 34.6. The van der Waals surface area contributed by atoms with Gasteiger partial charge in [-0.05, 0) is 101 Å². The Labute approximate surface area is 367 Å². The Balaban J connectivity index is 1.26. The Kier molecular flexibility index (Phi) is 14.8. The van der Waals surface area contributed by atoms with E-state index in [1.54, 1.807) is 36.6 Å². The molecule has 4 N–H and O–H groups in total. The third-order valence-corrected chi connectivity index (χ3v) is 18.4. The molecule has 4 saturated heterocycles. The first-order valence-corrected chi connectivity index (χ1v) is 25.3. The maximum absolute atomic E-state index is 14.7. The standard InChI is InChI=1S/C46H73NO12S2/c1-11-32(42(50)51)34-17-16-26(4)40(56-34)30(8)38(48)29(7)39(49)33(12-2)41-27(5)25-28(6)45(57-41)21-18-35(47-61(53,54)37-15-14-24-60-37)46(59-45)23-22-43(10,58-46)36-19-20-44(52,13-3)31(9)55-36/h14-15,18,21,24,26-36,38,40-41,47-48,52H,11-13,16-17,19-20,22-23,25H2,1-10H3,(H,50,51)/t26-,27-,28+,29-,30-,31-,32+,33-,34+,35+,36+,38+,40+,41-,43-,44+,45-,46-/m0/s1. The number of nitrogens with one attached hydrogen (secondary N) is 1. The maximum atomic E-state index is 14.7. The minimum atomic E-state index is -3.97. The highest BCUT2D eigenvalue weighted by molar-refractivity contribution is 7.91. The Morgan fingerprint density at radius 3 is 2.26 bits per heavy atom. The number of aliphatic hydroxyl groups excluding tert-OH is 1. The topological polar surface area (TPSA) is 187 Å². The van der Waals surface area contributed by atoms with Crippen LogP contribution in [0.25, 0.3) is 0 Å². The summed E-state index contributed by atoms with van der Waals surface area (Å²) in [4.78, 5) is 26.7. The van der Waals surface area contributed by atoms with Gasteiger partial charge >= 0.3 is 5.97 Å². The third-order valence-electron chi connectivity index (χ3n) is 15.5. The molecule has 0 radical (unpaired) electrons. The molecule has 0 saturated carbocycles. The van der Waals surface area contributed by atoms with E-state index in [0.29, 0.717) is 57.8 Å². The van der Waals surface area contributed by atoms with Gasteiger partial charge in [-0.1, -0.05) is 67.5 Å². The number of aliphatic hydroxyl groups is 2. The number of carbonyl (C=O) groups excluding carboxylic acids is 1. The van der Waals surface area contributed by atoms with Crippen molar-refractivity contribution in [3.8, 4) is 0 Å². The van der Waals surface area contributed by atoms with Crippen LogP contribution in [0.1, 0.15) is 133 Å². The highest BCUT2D eigenvalue weighted by Gasteiger charge is 2.64. The zero-order valence-corrected chi connectivity index (χ0v) is 39.5. The van der Waals surface area contributed by atoms with Crippen molar-refractivity contribution in [3.05, 3.63) is 29.7 Å². The van der Waals surface area contributed by atoms with Crippen molar-refractivity contribution in [2.75, 3.05) is 0 Å². The molecule has 0 aliphatic carbocycles. The van der Waals surface area contributed by atoms with Crippen LogP contribution < -0.4 is 4.72 Å². The van der Waals surface area contributed by atoms with Crippen LogP contribution >= 0.6 is 11.3 Å². The molecular weight excluding hydrogens is 823 g/mol. The van der Waals surface area contributed by atoms with Gasteiger partial charge in [0, 0.05) is 30.1 Å². The lowest BCUT2D eigenvalue weighted by molar-refractivity contribution is -0.397. The lowest BCUT2D eigenvalue weighted by Crippen LogP contribution is -2.65. The first-order valence-electron chi connectivity index (χ1n) is 22.9. The predicted molar refractivity (Wildman–Crippen MR) is 231 cm³/mol. The molecule has 0 amide bonds. The molecule has 13 nitrogen and oxygen atoms in total. The molecule has 5 aliphatic heterocycles. The second-order valence-corrected chi connectivity index (χ2v) is 22.4. The second-order valence-electron chi connectivity index (χ2n) is 19.5. The van der Waals surface area contributed by atoms with Gasteiger partial charge < -0.3 is 39.0 Å². The Bertz CT molecular complexity index is 1830. The number of Topliss-reactive ketones (excluding diaryl/α,β-unsaturated/α-hetero) is 1. The lowest BCUT2D eigenvalue weighted by Gasteiger charge is -2.55. The monoisotopic (exact) mass is 895 g/mol. The quantitative estimate of drug-likeness (QED) is 0.130. The molecule has 346 valence electrons. The van der Waals surface area contributed by atoms with Gasteiger partial charge in [0.1, 0.15) is 9.99 Å². The first kappa shape index (κ1) is 48.7. The SMILES string of the molecule is CC[C@@H](C(=O)[C@@H](C)[C@@H](O)[C@H](C)[C@@H]1O[C@@H]([C@@H](CC)C(=O)O)CC[C@@H]1C)[C@H]1O[C@]2(C=C[C@@H](NS(=O)(=O)c3cccs3)[C@]3(CC[C@@](C)([C@H]4CC[C@](O)(CC)[C@H](C)O4)O3)O2)[C@H](C)C[C@@H]1C. The summed E-state index contributed by atoms with van der Waals surface area (Å²) < 4.78 is 65.0. The van der Waals surface area contributed by atoms with Crippen LogP contribution in [0.4, 0.5) is 0 Å². The van der Waals surface area contributed by atoms with Crippen LogP contribution in [0, 0.1) is 41.4 Å². The van der Waals surface area contributed by atoms with Crippen molar-refractivity contribution >= 4 is 33.1 Å². The fourth-order valence-electron chi connectivity index (χ4n) is 11.3. The number of ketones is 1. The average molecular weight is 896 g/mol. The molecule has 2 spiro atoms. The van der Waals surface area contributed by atoms with Crippen molar-refractivity contribution in [2.24, 2.45) is 41.4 Å². The minimum Gasteiger partial charge on any atom is -0.481 e. The number of carbonyl (C=O) groups is 2. The maximum Gasteiger partial charge on any atom is 0.309 e. The molecule has 0 bridgehead atoms. The van der Waals surface area contributed by atoms with E-state index in [1.807, 2.05) is 48.5 Å². The van der Waals surface area contributed by atoms with Crippen LogP contribution in [0.5, 0.6) is 0 Å². The largest absolute Gasteiger partial charge is 0.481 e. The van der Waals surface area contributed by atoms with E-state index in [2.05, 4.69) is 18.6 Å². The van der Waals surface area contributed by atoms with Gasteiger partial charge in [-0.25, -0.2) is 8.42 Å². The van der Waals surface area contributed by atoms with E-state index < -0.39 is 99.0 Å². The van der Waals surface area contributed by atoms with Crippen molar-refractivity contribution in [3.63, 3.8) is 0 Å². The second kappa shape index (κ2) is 18.6. The summed E-state index contributed by atoms with van der Waals surface area (Å²) >= 11 is 1.12. The summed E-state index contributed by atoms with van der Waals surface area (Å²) in [7, 11) is -3.97. The molecule has 1 aromatic heterocycles. The number of hydrogen-bond acceptors (Lipinski definition) is 12. The van der Waals surface area contributed by atoms with Gasteiger partial charge in [-0.2, -0.15) is 4.72 Å². The van der Waals surface area contributed by atoms with E-state index in [9.17, 15) is 33.3 Å². The Hall–Kier alpha value is -1.79. The number of carboxylic acids is 1. The number of thiophene rings is 1. The normalized spacial score (nSPS) is 41.9. The van der Waals surface area contributed by atoms with E-state index in [-0.39, 0.29) is 33.9 Å². The highest BCUT2D eigenvalue weighted by Crippen LogP contribution is 2.54. The molecule has 4 fully saturated rings. The van der Waals surface area contributed by atoms with Gasteiger partial charge in [0.25, 0.3) is 10.0 Å². The third kappa shape index (κ3) is 9.36. The average Bonchev–Trinajstić information content (AvgIpc) is 3.89. The summed E-state index contributed by atoms with van der Waals surface area (Å²) in [5.41, 5.74) is -1.83. The number of rotatable bonds is 15. The van der Waals surface area contributed by atoms with Crippen LogP contribution in [0.3, 0.4) is 0 Å². The smallest absolute Gasteiger partial charge is 0.309 e. The number of aliphatic carboxylic acids is 1. The van der Waals surface area contributed by atoms with Crippen molar-refractivity contribution in [2.45, 2.75) is 203 Å². The highest BCUT2D eigenvalue weighted by atomic mass is 32.2. The number of ether oxygens (including phenoxy) is 5. The van der Waals surface area contributed by atoms with E-state index in [0.717, 1.165) is 17.8 Å². The molecule has 15 heteroatoms. The zero-order valence-electron chi connectivity index (χ0n) is 37.9. The molecule has 5 aliphatic rings. The Morgan fingerprint density at radius 2 is 1.66 bits per heavy atom. The van der Waals surface area contributed by atoms with Gasteiger partial charge in [0.15, 0.2) is 11.6 Å². The minimum absolute atomic E-state index is 0.0621. The van der Waals surface area contributed by atoms with Crippen molar-refractivity contribution in [1.29, 1.82) is 0 Å². The number of carboxylic acid groups (broad SMARTS) is 1. The number of hydrogen-bond donors (Lipinski definition) is 4. The van der Waals surface area contributed by atoms with E-state index >= 15 is 0 Å². The van der Waals surface area contributed by atoms with Crippen molar-refractivity contribution < 1.29 is 57.0 Å². The molecule has 6 rings (SSSR count). The van der Waals surface area contributed by atoms with Gasteiger partial charge in [-0.3, -0.25) is 9.59 Å². The molecular formula is C46H73NO12S2. The number of sulfonamides is 1. The van der Waals surface area contributed by atoms with Crippen molar-refractivity contribution in [1.82, 2.24) is 4.72 Å².